The summed E-state index contributed by atoms with van der Waals surface area (Å²) in [6.07, 6.45) is 15.0. The highest BCUT2D eigenvalue weighted by Gasteiger charge is 2.33. The van der Waals surface area contributed by atoms with Gasteiger partial charge in [-0.15, -0.1) is 0 Å². The lowest BCUT2D eigenvalue weighted by Crippen LogP contribution is -2.36. The predicted molar refractivity (Wildman–Crippen MR) is 167 cm³/mol. The number of fused-ring (bicyclic) bond motifs is 1. The Hall–Kier alpha value is -3.27. The second-order valence-corrected chi connectivity index (χ2v) is 11.9. The maximum Gasteiger partial charge on any atom is 0.412 e. The zero-order valence-electron chi connectivity index (χ0n) is 25.8. The average molecular weight is 544 g/mol. The summed E-state index contributed by atoms with van der Waals surface area (Å²) in [7, 11) is 0. The molecule has 40 heavy (non-hydrogen) atoms. The first-order valence-electron chi connectivity index (χ1n) is 14.8. The van der Waals surface area contributed by atoms with Crippen molar-refractivity contribution in [3.63, 3.8) is 0 Å². The molecule has 1 aliphatic heterocycles. The number of aryl methyl sites for hydroxylation is 1. The van der Waals surface area contributed by atoms with Crippen LogP contribution in [0.15, 0.2) is 71.3 Å². The van der Waals surface area contributed by atoms with E-state index in [2.05, 4.69) is 65.1 Å². The number of carbonyl (C=O) groups excluding carboxylic acids is 1. The Morgan fingerprint density at radius 2 is 1.60 bits per heavy atom. The maximum absolute atomic E-state index is 12.5. The summed E-state index contributed by atoms with van der Waals surface area (Å²) in [5.74, 6) is 1.56. The van der Waals surface area contributed by atoms with Crippen molar-refractivity contribution in [2.75, 3.05) is 0 Å². The van der Waals surface area contributed by atoms with Gasteiger partial charge in [-0.1, -0.05) is 65.3 Å². The zero-order chi connectivity index (χ0) is 29.1. The molecule has 1 aliphatic rings. The van der Waals surface area contributed by atoms with Gasteiger partial charge in [0.2, 0.25) is 0 Å². The van der Waals surface area contributed by atoms with Crippen LogP contribution in [0.3, 0.4) is 0 Å². The van der Waals surface area contributed by atoms with Crippen molar-refractivity contribution < 1.29 is 14.3 Å². The molecule has 0 saturated carbocycles. The lowest BCUT2D eigenvalue weighted by molar-refractivity contribution is 0.0560. The van der Waals surface area contributed by atoms with Crippen molar-refractivity contribution in [2.24, 2.45) is 0 Å². The Morgan fingerprint density at radius 3 is 2.27 bits per heavy atom. The van der Waals surface area contributed by atoms with Crippen LogP contribution in [0.25, 0.3) is 0 Å². The van der Waals surface area contributed by atoms with Crippen LogP contribution < -0.4 is 14.8 Å². The molecule has 4 nitrogen and oxygen atoms in total. The van der Waals surface area contributed by atoms with Crippen LogP contribution in [0.4, 0.5) is 4.79 Å². The molecule has 1 amide bonds. The van der Waals surface area contributed by atoms with Gasteiger partial charge < -0.3 is 14.8 Å². The summed E-state index contributed by atoms with van der Waals surface area (Å²) in [4.78, 5) is 12.5. The lowest BCUT2D eigenvalue weighted by Gasteiger charge is -2.37. The highest BCUT2D eigenvalue weighted by atomic mass is 16.6. The third kappa shape index (κ3) is 9.73. The fraction of sp³-hybridized carbons (Fsp3) is 0.472. The van der Waals surface area contributed by atoms with Crippen LogP contribution in [-0.4, -0.2) is 11.7 Å². The van der Waals surface area contributed by atoms with Gasteiger partial charge in [-0.05, 0) is 128 Å². The van der Waals surface area contributed by atoms with Gasteiger partial charge in [0.25, 0.3) is 0 Å². The van der Waals surface area contributed by atoms with Crippen molar-refractivity contribution in [3.8, 4) is 11.5 Å². The number of hydrogen-bond acceptors (Lipinski definition) is 3. The fourth-order valence-electron chi connectivity index (χ4n) is 5.10. The average Bonchev–Trinajstić information content (AvgIpc) is 2.91. The van der Waals surface area contributed by atoms with Crippen LogP contribution >= 0.6 is 0 Å². The van der Waals surface area contributed by atoms with Gasteiger partial charge in [0.15, 0.2) is 0 Å². The number of nitrogens with one attached hydrogen (secondary N) is 1. The summed E-state index contributed by atoms with van der Waals surface area (Å²) in [5.41, 5.74) is 8.28. The molecule has 0 unspecified atom stereocenters. The van der Waals surface area contributed by atoms with E-state index >= 15 is 0 Å². The highest BCUT2D eigenvalue weighted by molar-refractivity contribution is 5.71. The Kier molecular flexibility index (Phi) is 11.7. The smallest absolute Gasteiger partial charge is 0.412 e. The molecule has 0 saturated heterocycles. The van der Waals surface area contributed by atoms with Gasteiger partial charge in [0, 0.05) is 6.54 Å². The first-order valence-corrected chi connectivity index (χ1v) is 14.8. The van der Waals surface area contributed by atoms with E-state index in [0.717, 1.165) is 79.4 Å². The van der Waals surface area contributed by atoms with E-state index in [9.17, 15) is 4.79 Å². The van der Waals surface area contributed by atoms with Crippen LogP contribution in [0.5, 0.6) is 11.5 Å². The number of hydrogen-bond donors (Lipinski definition) is 1. The SMILES string of the molecule is CC(C)=CCC/C(C)=C/CC/C(C)=C/CC[C@]1(C)CCc2cc(OC(=O)NCc3ccccc3)c(C)c(C)c2O1. The molecule has 1 heterocycles. The Morgan fingerprint density at radius 1 is 0.950 bits per heavy atom. The summed E-state index contributed by atoms with van der Waals surface area (Å²) >= 11 is 0. The minimum atomic E-state index is -0.440. The number of carbonyl (C=O) groups is 1. The van der Waals surface area contributed by atoms with E-state index in [1.54, 1.807) is 0 Å². The first-order chi connectivity index (χ1) is 19.1. The topological polar surface area (TPSA) is 47.6 Å². The number of ether oxygens (including phenoxy) is 2. The van der Waals surface area contributed by atoms with E-state index < -0.39 is 6.09 Å². The molecular weight excluding hydrogens is 494 g/mol. The largest absolute Gasteiger partial charge is 0.487 e. The van der Waals surface area contributed by atoms with Gasteiger partial charge >= 0.3 is 6.09 Å². The molecule has 1 atom stereocenters. The molecular formula is C36H49NO3. The molecule has 0 aliphatic carbocycles. The van der Waals surface area contributed by atoms with Crippen LogP contribution in [-0.2, 0) is 13.0 Å². The standard InChI is InChI=1S/C36H49NO3/c1-26(2)14-11-15-27(3)16-12-17-28(4)18-13-22-36(7)23-21-32-24-33(29(5)30(6)34(32)40-36)39-35(38)37-25-31-19-9-8-10-20-31/h8-10,14,16,18-20,24H,11-13,15,17,21-23,25H2,1-7H3,(H,37,38)/b27-16+,28-18+/t36-/m1/s1. The summed E-state index contributed by atoms with van der Waals surface area (Å²) in [5, 5.41) is 2.85. The fourth-order valence-corrected chi connectivity index (χ4v) is 5.10. The third-order valence-corrected chi connectivity index (χ3v) is 7.91. The Balaban J connectivity index is 1.51. The third-order valence-electron chi connectivity index (χ3n) is 7.91. The summed E-state index contributed by atoms with van der Waals surface area (Å²) in [6.45, 7) is 15.5. The normalized spacial score (nSPS) is 17.1. The van der Waals surface area contributed by atoms with Crippen LogP contribution in [0, 0.1) is 13.8 Å². The monoisotopic (exact) mass is 543 g/mol. The first kappa shape index (κ1) is 31.3. The van der Waals surface area contributed by atoms with E-state index in [1.807, 2.05) is 43.3 Å². The highest BCUT2D eigenvalue weighted by Crippen LogP contribution is 2.42. The van der Waals surface area contributed by atoms with E-state index in [-0.39, 0.29) is 5.60 Å². The second-order valence-electron chi connectivity index (χ2n) is 11.9. The molecule has 0 radical (unpaired) electrons. The van der Waals surface area contributed by atoms with Crippen molar-refractivity contribution in [1.29, 1.82) is 0 Å². The number of benzene rings is 2. The van der Waals surface area contributed by atoms with E-state index in [4.69, 9.17) is 9.47 Å². The number of amides is 1. The maximum atomic E-state index is 12.5. The quantitative estimate of drug-likeness (QED) is 0.271. The van der Waals surface area contributed by atoms with Crippen molar-refractivity contribution in [3.05, 3.63) is 93.6 Å². The van der Waals surface area contributed by atoms with Gasteiger partial charge in [0.1, 0.15) is 17.1 Å². The number of rotatable bonds is 12. The zero-order valence-corrected chi connectivity index (χ0v) is 25.8. The molecule has 0 fully saturated rings. The molecule has 3 rings (SSSR count). The van der Waals surface area contributed by atoms with E-state index in [1.165, 1.54) is 16.7 Å². The van der Waals surface area contributed by atoms with Gasteiger partial charge in [-0.25, -0.2) is 4.79 Å². The molecule has 2 aromatic rings. The second kappa shape index (κ2) is 14.9. The predicted octanol–water partition coefficient (Wildman–Crippen LogP) is 9.88. The molecule has 0 spiro atoms. The van der Waals surface area contributed by atoms with Crippen LogP contribution in [0.2, 0.25) is 0 Å². The molecule has 4 heteroatoms. The molecule has 2 aromatic carbocycles. The lowest BCUT2D eigenvalue weighted by atomic mass is 9.86. The molecule has 0 bridgehead atoms. The van der Waals surface area contributed by atoms with Gasteiger partial charge in [0.05, 0.1) is 0 Å². The minimum Gasteiger partial charge on any atom is -0.487 e. The minimum absolute atomic E-state index is 0.197. The molecule has 216 valence electrons. The van der Waals surface area contributed by atoms with Crippen molar-refractivity contribution in [2.45, 2.75) is 112 Å². The Labute approximate surface area is 242 Å². The molecule has 0 aromatic heterocycles. The van der Waals surface area contributed by atoms with Crippen molar-refractivity contribution >= 4 is 6.09 Å². The van der Waals surface area contributed by atoms with E-state index in [0.29, 0.717) is 12.3 Å². The summed E-state index contributed by atoms with van der Waals surface area (Å²) in [6, 6.07) is 11.8. The van der Waals surface area contributed by atoms with Crippen LogP contribution in [0.1, 0.15) is 102 Å². The van der Waals surface area contributed by atoms with Gasteiger partial charge in [-0.2, -0.15) is 0 Å². The molecule has 1 N–H and O–H groups in total. The van der Waals surface area contributed by atoms with Gasteiger partial charge in [-0.3, -0.25) is 0 Å². The summed E-state index contributed by atoms with van der Waals surface area (Å²) < 4.78 is 12.4. The van der Waals surface area contributed by atoms with Crippen molar-refractivity contribution in [1.82, 2.24) is 5.32 Å². The Bertz CT molecular complexity index is 1230. The number of allylic oxidation sites excluding steroid dienone is 6.